The minimum Gasteiger partial charge on any atom is -0.496 e. The Morgan fingerprint density at radius 2 is 2.05 bits per heavy atom. The predicted octanol–water partition coefficient (Wildman–Crippen LogP) is 2.57. The molecule has 0 bridgehead atoms. The summed E-state index contributed by atoms with van der Waals surface area (Å²) in [5, 5.41) is 2.76. The zero-order valence-corrected chi connectivity index (χ0v) is 13.5. The summed E-state index contributed by atoms with van der Waals surface area (Å²) >= 11 is 0. The van der Waals surface area contributed by atoms with Gasteiger partial charge in [-0.3, -0.25) is 0 Å². The van der Waals surface area contributed by atoms with E-state index in [-0.39, 0.29) is 5.92 Å². The number of nitrogens with one attached hydrogen (secondary N) is 1. The van der Waals surface area contributed by atoms with Gasteiger partial charge in [-0.1, -0.05) is 12.1 Å². The third-order valence-electron chi connectivity index (χ3n) is 3.08. The van der Waals surface area contributed by atoms with Crippen molar-refractivity contribution in [2.75, 3.05) is 20.2 Å². The molecule has 1 amide bonds. The van der Waals surface area contributed by atoms with Gasteiger partial charge in [0.25, 0.3) is 0 Å². The maximum Gasteiger partial charge on any atom is 0.407 e. The topological polar surface area (TPSA) is 73.6 Å². The maximum absolute atomic E-state index is 11.7. The van der Waals surface area contributed by atoms with Crippen LogP contribution in [0.3, 0.4) is 0 Å². The lowest BCUT2D eigenvalue weighted by Gasteiger charge is -2.22. The fourth-order valence-corrected chi connectivity index (χ4v) is 1.95. The van der Waals surface area contributed by atoms with Crippen LogP contribution in [-0.2, 0) is 4.74 Å². The van der Waals surface area contributed by atoms with Crippen molar-refractivity contribution in [3.8, 4) is 5.75 Å². The van der Waals surface area contributed by atoms with Gasteiger partial charge in [0.15, 0.2) is 0 Å². The molecule has 0 spiro atoms. The van der Waals surface area contributed by atoms with E-state index >= 15 is 0 Å². The van der Waals surface area contributed by atoms with Crippen molar-refractivity contribution in [3.05, 3.63) is 29.3 Å². The van der Waals surface area contributed by atoms with E-state index in [1.54, 1.807) is 7.11 Å². The molecule has 0 saturated carbocycles. The van der Waals surface area contributed by atoms with Crippen molar-refractivity contribution in [1.29, 1.82) is 0 Å². The molecule has 0 aliphatic heterocycles. The first-order valence-electron chi connectivity index (χ1n) is 7.08. The van der Waals surface area contributed by atoms with Crippen molar-refractivity contribution in [1.82, 2.24) is 5.32 Å². The fourth-order valence-electron chi connectivity index (χ4n) is 1.95. The van der Waals surface area contributed by atoms with Crippen LogP contribution in [0.15, 0.2) is 18.2 Å². The molecule has 118 valence electrons. The number of aryl methyl sites for hydroxylation is 1. The number of hydrogen-bond donors (Lipinski definition) is 2. The Labute approximate surface area is 126 Å². The summed E-state index contributed by atoms with van der Waals surface area (Å²) in [6.45, 7) is 8.34. The smallest absolute Gasteiger partial charge is 0.407 e. The van der Waals surface area contributed by atoms with E-state index in [0.29, 0.717) is 13.1 Å². The lowest BCUT2D eigenvalue weighted by atomic mass is 9.97. The molecule has 0 heterocycles. The molecule has 0 fully saturated rings. The summed E-state index contributed by atoms with van der Waals surface area (Å²) < 4.78 is 10.5. The highest BCUT2D eigenvalue weighted by atomic mass is 16.6. The van der Waals surface area contributed by atoms with E-state index in [9.17, 15) is 4.79 Å². The van der Waals surface area contributed by atoms with E-state index in [4.69, 9.17) is 15.2 Å². The third-order valence-corrected chi connectivity index (χ3v) is 3.08. The van der Waals surface area contributed by atoms with Gasteiger partial charge >= 0.3 is 6.09 Å². The highest BCUT2D eigenvalue weighted by Gasteiger charge is 2.18. The summed E-state index contributed by atoms with van der Waals surface area (Å²) in [5.74, 6) is 0.843. The molecular weight excluding hydrogens is 268 g/mol. The average molecular weight is 294 g/mol. The number of carbonyl (C=O) groups is 1. The van der Waals surface area contributed by atoms with Gasteiger partial charge in [0.05, 0.1) is 7.11 Å². The van der Waals surface area contributed by atoms with Crippen molar-refractivity contribution < 1.29 is 14.3 Å². The number of benzene rings is 1. The summed E-state index contributed by atoms with van der Waals surface area (Å²) in [6.07, 6.45) is -0.431. The molecule has 0 aliphatic rings. The van der Waals surface area contributed by atoms with Gasteiger partial charge in [-0.2, -0.15) is 0 Å². The number of methoxy groups -OCH3 is 1. The average Bonchev–Trinajstić information content (AvgIpc) is 2.39. The van der Waals surface area contributed by atoms with Gasteiger partial charge in [-0.25, -0.2) is 4.79 Å². The van der Waals surface area contributed by atoms with Crippen LogP contribution < -0.4 is 15.8 Å². The van der Waals surface area contributed by atoms with E-state index < -0.39 is 11.7 Å². The number of carbonyl (C=O) groups excluding carboxylic acids is 1. The zero-order chi connectivity index (χ0) is 16.0. The predicted molar refractivity (Wildman–Crippen MR) is 83.8 cm³/mol. The Hall–Kier alpha value is -1.75. The van der Waals surface area contributed by atoms with Crippen LogP contribution in [0.25, 0.3) is 0 Å². The van der Waals surface area contributed by atoms with Crippen molar-refractivity contribution in [3.63, 3.8) is 0 Å². The lowest BCUT2D eigenvalue weighted by molar-refractivity contribution is 0.0525. The van der Waals surface area contributed by atoms with E-state index in [1.807, 2.05) is 45.9 Å². The molecule has 0 saturated heterocycles. The van der Waals surface area contributed by atoms with Crippen molar-refractivity contribution >= 4 is 6.09 Å². The summed E-state index contributed by atoms with van der Waals surface area (Å²) in [7, 11) is 1.64. The number of nitrogens with two attached hydrogens (primary N) is 1. The summed E-state index contributed by atoms with van der Waals surface area (Å²) in [6, 6.07) is 5.96. The van der Waals surface area contributed by atoms with Crippen LogP contribution in [0.4, 0.5) is 4.79 Å². The molecule has 1 aromatic carbocycles. The Kier molecular flexibility index (Phi) is 6.03. The fraction of sp³-hybridized carbons (Fsp3) is 0.562. The van der Waals surface area contributed by atoms with Crippen molar-refractivity contribution in [2.45, 2.75) is 39.2 Å². The van der Waals surface area contributed by atoms with Crippen molar-refractivity contribution in [2.24, 2.45) is 5.73 Å². The molecule has 0 aliphatic carbocycles. The monoisotopic (exact) mass is 294 g/mol. The molecule has 1 unspecified atom stereocenters. The largest absolute Gasteiger partial charge is 0.496 e. The van der Waals surface area contributed by atoms with Crippen LogP contribution in [0, 0.1) is 6.92 Å². The number of alkyl carbamates (subject to hydrolysis) is 1. The summed E-state index contributed by atoms with van der Waals surface area (Å²) in [4.78, 5) is 11.7. The van der Waals surface area contributed by atoms with Crippen LogP contribution in [0.2, 0.25) is 0 Å². The molecule has 3 N–H and O–H groups in total. The molecular formula is C16H26N2O3. The summed E-state index contributed by atoms with van der Waals surface area (Å²) in [5.41, 5.74) is 7.42. The molecule has 5 nitrogen and oxygen atoms in total. The first kappa shape index (κ1) is 17.3. The highest BCUT2D eigenvalue weighted by Crippen LogP contribution is 2.23. The Bertz CT molecular complexity index is 481. The molecule has 1 aromatic rings. The Morgan fingerprint density at radius 3 is 2.57 bits per heavy atom. The maximum atomic E-state index is 11.7. The van der Waals surface area contributed by atoms with E-state index in [2.05, 4.69) is 5.32 Å². The minimum atomic E-state index is -0.505. The van der Waals surface area contributed by atoms with Crippen LogP contribution in [0.5, 0.6) is 5.75 Å². The Morgan fingerprint density at radius 1 is 1.38 bits per heavy atom. The van der Waals surface area contributed by atoms with Gasteiger partial charge in [-0.05, 0) is 44.9 Å². The van der Waals surface area contributed by atoms with E-state index in [1.165, 1.54) is 0 Å². The molecule has 0 aromatic heterocycles. The number of ether oxygens (including phenoxy) is 2. The van der Waals surface area contributed by atoms with Gasteiger partial charge in [0, 0.05) is 19.0 Å². The van der Waals surface area contributed by atoms with Gasteiger partial charge < -0.3 is 20.5 Å². The zero-order valence-electron chi connectivity index (χ0n) is 13.5. The third kappa shape index (κ3) is 5.63. The Balaban J connectivity index is 2.69. The standard InChI is InChI=1S/C16H26N2O3/c1-11-6-7-12(8-14(11)20-5)13(9-17)10-18-15(19)21-16(2,3)4/h6-8,13H,9-10,17H2,1-5H3,(H,18,19). The number of hydrogen-bond acceptors (Lipinski definition) is 4. The number of amides is 1. The second-order valence-electron chi connectivity index (χ2n) is 6.04. The van der Waals surface area contributed by atoms with Crippen LogP contribution >= 0.6 is 0 Å². The normalized spacial score (nSPS) is 12.7. The molecule has 1 atom stereocenters. The molecule has 21 heavy (non-hydrogen) atoms. The second-order valence-corrected chi connectivity index (χ2v) is 6.04. The van der Waals surface area contributed by atoms with Crippen LogP contribution in [-0.4, -0.2) is 31.9 Å². The first-order chi connectivity index (χ1) is 9.76. The number of rotatable bonds is 5. The van der Waals surface area contributed by atoms with Gasteiger partial charge in [-0.15, -0.1) is 0 Å². The second kappa shape index (κ2) is 7.31. The SMILES string of the molecule is COc1cc(C(CN)CNC(=O)OC(C)(C)C)ccc1C. The van der Waals surface area contributed by atoms with Gasteiger partial charge in [0.1, 0.15) is 11.4 Å². The molecule has 1 rings (SSSR count). The van der Waals surface area contributed by atoms with E-state index in [0.717, 1.165) is 16.9 Å². The van der Waals surface area contributed by atoms with Gasteiger partial charge in [0.2, 0.25) is 0 Å². The quantitative estimate of drug-likeness (QED) is 0.875. The lowest BCUT2D eigenvalue weighted by Crippen LogP contribution is -2.36. The molecule has 0 radical (unpaired) electrons. The molecule has 5 heteroatoms. The minimum absolute atomic E-state index is 0.0204. The highest BCUT2D eigenvalue weighted by molar-refractivity contribution is 5.67. The first-order valence-corrected chi connectivity index (χ1v) is 7.08. The van der Waals surface area contributed by atoms with Crippen LogP contribution in [0.1, 0.15) is 37.8 Å².